The molecule has 1 aromatic rings. The van der Waals surface area contributed by atoms with Crippen molar-refractivity contribution in [2.24, 2.45) is 0 Å². The third-order valence-corrected chi connectivity index (χ3v) is 4.30. The second-order valence-corrected chi connectivity index (χ2v) is 5.68. The summed E-state index contributed by atoms with van der Waals surface area (Å²) in [4.78, 5) is 6.78. The maximum atomic E-state index is 6.03. The van der Waals surface area contributed by atoms with Gasteiger partial charge >= 0.3 is 0 Å². The minimum absolute atomic E-state index is 0.719. The number of aryl methyl sites for hydroxylation is 1. The largest absolute Gasteiger partial charge is 0.396 e. The summed E-state index contributed by atoms with van der Waals surface area (Å²) in [5, 5.41) is 0.719. The molecule has 0 saturated carbocycles. The van der Waals surface area contributed by atoms with Gasteiger partial charge in [0.05, 0.1) is 5.69 Å². The summed E-state index contributed by atoms with van der Waals surface area (Å²) in [7, 11) is 0. The number of thioether (sulfide) groups is 1. The fourth-order valence-corrected chi connectivity index (χ4v) is 3.19. The van der Waals surface area contributed by atoms with Crippen molar-refractivity contribution in [3.05, 3.63) is 17.8 Å². The van der Waals surface area contributed by atoms with Crippen molar-refractivity contribution < 1.29 is 0 Å². The molecule has 0 radical (unpaired) electrons. The Balaban J connectivity index is 2.16. The monoisotopic (exact) mass is 237 g/mol. The first-order chi connectivity index (χ1) is 7.70. The van der Waals surface area contributed by atoms with Crippen LogP contribution in [0.15, 0.2) is 12.3 Å². The van der Waals surface area contributed by atoms with Crippen molar-refractivity contribution in [3.63, 3.8) is 0 Å². The average molecular weight is 237 g/mol. The minimum atomic E-state index is 0.719. The summed E-state index contributed by atoms with van der Waals surface area (Å²) in [5.41, 5.74) is 7.96. The lowest BCUT2D eigenvalue weighted by atomic mass is 10.2. The van der Waals surface area contributed by atoms with E-state index in [4.69, 9.17) is 5.73 Å². The van der Waals surface area contributed by atoms with Crippen molar-refractivity contribution in [1.82, 2.24) is 4.98 Å². The molecule has 2 N–H and O–H groups in total. The number of hydrogen-bond acceptors (Lipinski definition) is 4. The van der Waals surface area contributed by atoms with E-state index >= 15 is 0 Å². The molecule has 2 heterocycles. The van der Waals surface area contributed by atoms with E-state index < -0.39 is 0 Å². The van der Waals surface area contributed by atoms with Gasteiger partial charge < -0.3 is 10.6 Å². The van der Waals surface area contributed by atoms with Crippen LogP contribution in [0.1, 0.15) is 18.9 Å². The molecular weight excluding hydrogens is 218 g/mol. The van der Waals surface area contributed by atoms with Gasteiger partial charge in [-0.1, -0.05) is 6.92 Å². The Hall–Kier alpha value is -0.900. The highest BCUT2D eigenvalue weighted by molar-refractivity contribution is 8.00. The molecule has 1 unspecified atom stereocenters. The topological polar surface area (TPSA) is 42.2 Å². The molecule has 1 aliphatic rings. The van der Waals surface area contributed by atoms with Crippen LogP contribution >= 0.6 is 11.8 Å². The third-order valence-electron chi connectivity index (χ3n) is 2.93. The van der Waals surface area contributed by atoms with Gasteiger partial charge in [0, 0.05) is 30.3 Å². The molecule has 16 heavy (non-hydrogen) atoms. The second-order valence-electron chi connectivity index (χ2n) is 4.27. The molecular formula is C12H19N3S. The number of nitrogens with zero attached hydrogens (tertiary/aromatic N) is 2. The maximum Gasteiger partial charge on any atom is 0.151 e. The Labute approximate surface area is 101 Å². The van der Waals surface area contributed by atoms with Gasteiger partial charge in [0.2, 0.25) is 0 Å². The highest BCUT2D eigenvalue weighted by Gasteiger charge is 2.21. The van der Waals surface area contributed by atoms with Gasteiger partial charge in [0.1, 0.15) is 0 Å². The van der Waals surface area contributed by atoms with Crippen LogP contribution in [0.2, 0.25) is 0 Å². The summed E-state index contributed by atoms with van der Waals surface area (Å²) < 4.78 is 0. The van der Waals surface area contributed by atoms with Crippen LogP contribution < -0.4 is 10.6 Å². The first-order valence-corrected chi connectivity index (χ1v) is 6.84. The number of pyridine rings is 1. The maximum absolute atomic E-state index is 6.03. The number of anilines is 2. The smallest absolute Gasteiger partial charge is 0.151 e. The summed E-state index contributed by atoms with van der Waals surface area (Å²) in [6.45, 7) is 6.39. The van der Waals surface area contributed by atoms with E-state index in [-0.39, 0.29) is 0 Å². The zero-order valence-corrected chi connectivity index (χ0v) is 10.8. The molecule has 0 aliphatic carbocycles. The number of nitrogens with two attached hydrogens (primary N) is 1. The Morgan fingerprint density at radius 2 is 2.44 bits per heavy atom. The van der Waals surface area contributed by atoms with E-state index in [9.17, 15) is 0 Å². The van der Waals surface area contributed by atoms with Crippen LogP contribution in [0.4, 0.5) is 11.5 Å². The molecule has 0 amide bonds. The molecule has 0 bridgehead atoms. The van der Waals surface area contributed by atoms with Crippen LogP contribution in [0.25, 0.3) is 0 Å². The summed E-state index contributed by atoms with van der Waals surface area (Å²) in [5.74, 6) is 2.14. The Kier molecular flexibility index (Phi) is 3.59. The van der Waals surface area contributed by atoms with Crippen molar-refractivity contribution >= 4 is 23.3 Å². The lowest BCUT2D eigenvalue weighted by Gasteiger charge is -2.33. The van der Waals surface area contributed by atoms with Gasteiger partial charge in [-0.05, 0) is 25.0 Å². The fourth-order valence-electron chi connectivity index (χ4n) is 2.01. The average Bonchev–Trinajstić information content (AvgIpc) is 2.29. The molecule has 1 fully saturated rings. The minimum Gasteiger partial charge on any atom is -0.396 e. The SMILES string of the molecule is CCC1CN(c2ncc(C)cc2N)CCS1. The van der Waals surface area contributed by atoms with Gasteiger partial charge in [-0.3, -0.25) is 0 Å². The number of rotatable bonds is 2. The molecule has 88 valence electrons. The quantitative estimate of drug-likeness (QED) is 0.857. The van der Waals surface area contributed by atoms with E-state index in [1.165, 1.54) is 12.2 Å². The fraction of sp³-hybridized carbons (Fsp3) is 0.583. The van der Waals surface area contributed by atoms with E-state index in [1.807, 2.05) is 19.2 Å². The number of nitrogen functional groups attached to an aromatic ring is 1. The van der Waals surface area contributed by atoms with Crippen molar-refractivity contribution in [3.8, 4) is 0 Å². The Morgan fingerprint density at radius 3 is 3.12 bits per heavy atom. The predicted molar refractivity (Wildman–Crippen MR) is 72.1 cm³/mol. The van der Waals surface area contributed by atoms with Gasteiger partial charge in [-0.15, -0.1) is 0 Å². The van der Waals surface area contributed by atoms with Gasteiger partial charge in [-0.2, -0.15) is 11.8 Å². The second kappa shape index (κ2) is 4.95. The molecule has 3 nitrogen and oxygen atoms in total. The molecule has 1 saturated heterocycles. The van der Waals surface area contributed by atoms with Gasteiger partial charge in [0.15, 0.2) is 5.82 Å². The molecule has 0 spiro atoms. The first kappa shape index (κ1) is 11.6. The third kappa shape index (κ3) is 2.43. The van der Waals surface area contributed by atoms with Crippen molar-refractivity contribution in [2.45, 2.75) is 25.5 Å². The molecule has 2 rings (SSSR count). The van der Waals surface area contributed by atoms with Crippen LogP contribution in [-0.4, -0.2) is 29.1 Å². The van der Waals surface area contributed by atoms with E-state index in [1.54, 1.807) is 0 Å². The summed E-state index contributed by atoms with van der Waals surface area (Å²) >= 11 is 2.06. The normalized spacial score (nSPS) is 21.1. The summed E-state index contributed by atoms with van der Waals surface area (Å²) in [6.07, 6.45) is 3.11. The zero-order chi connectivity index (χ0) is 11.5. The molecule has 1 aromatic heterocycles. The molecule has 4 heteroatoms. The highest BCUT2D eigenvalue weighted by atomic mass is 32.2. The van der Waals surface area contributed by atoms with Crippen LogP contribution in [0, 0.1) is 6.92 Å². The highest BCUT2D eigenvalue weighted by Crippen LogP contribution is 2.28. The van der Waals surface area contributed by atoms with Gasteiger partial charge in [-0.25, -0.2) is 4.98 Å². The lowest BCUT2D eigenvalue weighted by molar-refractivity contribution is 0.721. The molecule has 1 aliphatic heterocycles. The summed E-state index contributed by atoms with van der Waals surface area (Å²) in [6, 6.07) is 2.00. The Bertz CT molecular complexity index is 367. The lowest BCUT2D eigenvalue weighted by Crippen LogP contribution is -2.38. The predicted octanol–water partition coefficient (Wildman–Crippen LogP) is 2.30. The number of hydrogen-bond donors (Lipinski definition) is 1. The van der Waals surface area contributed by atoms with Crippen LogP contribution in [0.5, 0.6) is 0 Å². The van der Waals surface area contributed by atoms with E-state index in [2.05, 4.69) is 28.6 Å². The van der Waals surface area contributed by atoms with Crippen LogP contribution in [0.3, 0.4) is 0 Å². The molecule has 1 atom stereocenters. The number of aromatic nitrogens is 1. The van der Waals surface area contributed by atoms with E-state index in [0.717, 1.165) is 35.4 Å². The first-order valence-electron chi connectivity index (χ1n) is 5.79. The molecule has 0 aromatic carbocycles. The van der Waals surface area contributed by atoms with Crippen molar-refractivity contribution in [1.29, 1.82) is 0 Å². The van der Waals surface area contributed by atoms with E-state index in [0.29, 0.717) is 0 Å². The van der Waals surface area contributed by atoms with Crippen molar-refractivity contribution in [2.75, 3.05) is 29.5 Å². The zero-order valence-electron chi connectivity index (χ0n) is 9.94. The Morgan fingerprint density at radius 1 is 1.62 bits per heavy atom. The standard InChI is InChI=1S/C12H19N3S/c1-3-10-8-15(4-5-16-10)12-11(13)6-9(2)7-14-12/h6-7,10H,3-5,8,13H2,1-2H3. The van der Waals surface area contributed by atoms with Crippen LogP contribution in [-0.2, 0) is 0 Å². The van der Waals surface area contributed by atoms with Gasteiger partial charge in [0.25, 0.3) is 0 Å².